The minimum Gasteiger partial charge on any atom is -0.497 e. The molecule has 0 saturated carbocycles. The molecule has 1 aliphatic rings. The van der Waals surface area contributed by atoms with E-state index in [0.717, 1.165) is 10.5 Å². The summed E-state index contributed by atoms with van der Waals surface area (Å²) in [5.41, 5.74) is 1.36. The van der Waals surface area contributed by atoms with Crippen LogP contribution in [0.1, 0.15) is 22.3 Å². The van der Waals surface area contributed by atoms with Gasteiger partial charge in [-0.25, -0.2) is 18.5 Å². The van der Waals surface area contributed by atoms with Gasteiger partial charge < -0.3 is 9.64 Å². The fraction of sp³-hybridized carbons (Fsp3) is 0.192. The van der Waals surface area contributed by atoms with Crippen molar-refractivity contribution >= 4 is 45.0 Å². The Labute approximate surface area is 219 Å². The molecule has 0 aliphatic carbocycles. The highest BCUT2D eigenvalue weighted by atomic mass is 35.5. The van der Waals surface area contributed by atoms with Gasteiger partial charge in [-0.05, 0) is 66.6 Å². The summed E-state index contributed by atoms with van der Waals surface area (Å²) in [6.45, 7) is 0.151. The van der Waals surface area contributed by atoms with Gasteiger partial charge in [-0.2, -0.15) is 0 Å². The zero-order chi connectivity index (χ0) is 26.7. The fourth-order valence-electron chi connectivity index (χ4n) is 4.18. The molecule has 3 aromatic rings. The lowest BCUT2D eigenvalue weighted by Gasteiger charge is -2.28. The number of ether oxygens (including phenoxy) is 1. The van der Waals surface area contributed by atoms with Crippen molar-refractivity contribution in [3.63, 3.8) is 0 Å². The number of benzene rings is 3. The van der Waals surface area contributed by atoms with Gasteiger partial charge in [0.25, 0.3) is 11.8 Å². The lowest BCUT2D eigenvalue weighted by molar-refractivity contribution is -0.122. The van der Waals surface area contributed by atoms with Crippen LogP contribution in [0.5, 0.6) is 5.75 Å². The number of nitrogens with two attached hydrogens (primary N) is 1. The number of amides is 3. The van der Waals surface area contributed by atoms with Crippen molar-refractivity contribution in [2.24, 2.45) is 5.14 Å². The Kier molecular flexibility index (Phi) is 7.63. The topological polar surface area (TPSA) is 127 Å². The molecule has 1 unspecified atom stereocenters. The molecule has 0 spiro atoms. The smallest absolute Gasteiger partial charge is 0.257 e. The first-order chi connectivity index (χ1) is 17.6. The zero-order valence-electron chi connectivity index (χ0n) is 19.8. The summed E-state index contributed by atoms with van der Waals surface area (Å²) < 4.78 is 28.4. The predicted octanol–water partition coefficient (Wildman–Crippen LogP) is 3.01. The van der Waals surface area contributed by atoms with Crippen LogP contribution in [-0.2, 0) is 26.0 Å². The first-order valence-corrected chi connectivity index (χ1v) is 13.2. The molecule has 11 heteroatoms. The number of anilines is 1. The molecule has 4 rings (SSSR count). The summed E-state index contributed by atoms with van der Waals surface area (Å²) in [6, 6.07) is 17.8. The van der Waals surface area contributed by atoms with Crippen LogP contribution in [0.25, 0.3) is 0 Å². The average molecular weight is 542 g/mol. The Hall–Kier alpha value is -3.73. The van der Waals surface area contributed by atoms with Crippen LogP contribution in [0.3, 0.4) is 0 Å². The maximum atomic E-state index is 13.6. The van der Waals surface area contributed by atoms with E-state index in [4.69, 9.17) is 21.5 Å². The molecule has 1 aliphatic heterocycles. The summed E-state index contributed by atoms with van der Waals surface area (Å²) >= 11 is 6.10. The van der Waals surface area contributed by atoms with E-state index < -0.39 is 33.8 Å². The van der Waals surface area contributed by atoms with Gasteiger partial charge in [0.05, 0.1) is 24.1 Å². The van der Waals surface area contributed by atoms with Gasteiger partial charge in [-0.3, -0.25) is 14.4 Å². The second-order valence-corrected chi connectivity index (χ2v) is 10.4. The van der Waals surface area contributed by atoms with Crippen LogP contribution in [0.15, 0.2) is 77.7 Å². The fourth-order valence-corrected chi connectivity index (χ4v) is 4.91. The van der Waals surface area contributed by atoms with Gasteiger partial charge in [-0.15, -0.1) is 0 Å². The van der Waals surface area contributed by atoms with Gasteiger partial charge >= 0.3 is 0 Å². The van der Waals surface area contributed by atoms with Crippen molar-refractivity contribution in [1.29, 1.82) is 0 Å². The van der Waals surface area contributed by atoms with E-state index in [1.54, 1.807) is 42.5 Å². The van der Waals surface area contributed by atoms with Crippen molar-refractivity contribution in [1.82, 2.24) is 4.90 Å². The summed E-state index contributed by atoms with van der Waals surface area (Å²) in [4.78, 5) is 42.2. The molecule has 192 valence electrons. The van der Waals surface area contributed by atoms with E-state index >= 15 is 0 Å². The Bertz CT molecular complexity index is 1460. The maximum absolute atomic E-state index is 13.6. The number of carbonyl (C=O) groups is 3. The lowest BCUT2D eigenvalue weighted by Crippen LogP contribution is -2.46. The summed E-state index contributed by atoms with van der Waals surface area (Å²) in [5.74, 6) is -1.05. The minimum absolute atomic E-state index is 0.150. The molecule has 3 aromatic carbocycles. The number of hydrogen-bond donors (Lipinski definition) is 1. The highest BCUT2D eigenvalue weighted by molar-refractivity contribution is 7.89. The Balaban J connectivity index is 1.65. The zero-order valence-corrected chi connectivity index (χ0v) is 21.4. The Morgan fingerprint density at radius 1 is 1.08 bits per heavy atom. The van der Waals surface area contributed by atoms with Crippen LogP contribution in [0, 0.1) is 0 Å². The second-order valence-electron chi connectivity index (χ2n) is 8.44. The first-order valence-electron chi connectivity index (χ1n) is 11.3. The summed E-state index contributed by atoms with van der Waals surface area (Å²) in [5, 5.41) is 5.69. The normalized spacial score (nSPS) is 15.6. The molecule has 1 saturated heterocycles. The van der Waals surface area contributed by atoms with Crippen LogP contribution in [0.4, 0.5) is 5.69 Å². The third kappa shape index (κ3) is 5.82. The van der Waals surface area contributed by atoms with E-state index in [2.05, 4.69) is 0 Å². The Morgan fingerprint density at radius 3 is 2.43 bits per heavy atom. The van der Waals surface area contributed by atoms with E-state index in [0.29, 0.717) is 22.8 Å². The standard InChI is InChI=1S/C26H24ClN3O6S/c1-36-21-7-3-5-18(15-21)25(32)29(13-12-17-4-2-6-19(27)14-17)23-16-24(31)30(26(23)33)20-8-10-22(11-9-20)37(28,34)35/h2-11,14-15,23H,12-13,16H2,1H3,(H2,28,34,35). The third-order valence-corrected chi connectivity index (χ3v) is 7.19. The molecule has 2 N–H and O–H groups in total. The summed E-state index contributed by atoms with van der Waals surface area (Å²) in [7, 11) is -2.45. The van der Waals surface area contributed by atoms with Crippen LogP contribution < -0.4 is 14.8 Å². The predicted molar refractivity (Wildman–Crippen MR) is 138 cm³/mol. The quantitative estimate of drug-likeness (QED) is 0.437. The maximum Gasteiger partial charge on any atom is 0.257 e. The van der Waals surface area contributed by atoms with E-state index in [1.165, 1.54) is 36.3 Å². The van der Waals surface area contributed by atoms with Gasteiger partial charge in [0.15, 0.2) is 0 Å². The number of hydrogen-bond acceptors (Lipinski definition) is 6. The van der Waals surface area contributed by atoms with Crippen LogP contribution in [0.2, 0.25) is 5.02 Å². The molecular formula is C26H24ClN3O6S. The highest BCUT2D eigenvalue weighted by Gasteiger charge is 2.44. The number of carbonyl (C=O) groups excluding carboxylic acids is 3. The van der Waals surface area contributed by atoms with E-state index in [-0.39, 0.29) is 23.5 Å². The first kappa shape index (κ1) is 26.3. The number of imide groups is 1. The number of primary sulfonamides is 1. The Morgan fingerprint density at radius 2 is 1.78 bits per heavy atom. The van der Waals surface area contributed by atoms with E-state index in [9.17, 15) is 22.8 Å². The molecule has 0 bridgehead atoms. The molecule has 1 fully saturated rings. The van der Waals surface area contributed by atoms with E-state index in [1.807, 2.05) is 6.07 Å². The number of methoxy groups -OCH3 is 1. The van der Waals surface area contributed by atoms with Crippen LogP contribution in [-0.4, -0.2) is 50.7 Å². The molecule has 3 amide bonds. The average Bonchev–Trinajstić information content (AvgIpc) is 3.17. The second kappa shape index (κ2) is 10.7. The number of sulfonamides is 1. The molecular weight excluding hydrogens is 518 g/mol. The van der Waals surface area contributed by atoms with Gasteiger partial charge in [-0.1, -0.05) is 29.8 Å². The molecule has 0 radical (unpaired) electrons. The number of rotatable bonds is 8. The van der Waals surface area contributed by atoms with Crippen molar-refractivity contribution in [2.45, 2.75) is 23.8 Å². The van der Waals surface area contributed by atoms with Crippen molar-refractivity contribution < 1.29 is 27.5 Å². The van der Waals surface area contributed by atoms with Crippen molar-refractivity contribution in [3.8, 4) is 5.75 Å². The van der Waals surface area contributed by atoms with Gasteiger partial charge in [0.1, 0.15) is 11.8 Å². The summed E-state index contributed by atoms with van der Waals surface area (Å²) in [6.07, 6.45) is 0.179. The lowest BCUT2D eigenvalue weighted by atomic mass is 10.1. The third-order valence-electron chi connectivity index (χ3n) is 6.03. The monoisotopic (exact) mass is 541 g/mol. The SMILES string of the molecule is COc1cccc(C(=O)N(CCc2cccc(Cl)c2)C2CC(=O)N(c3ccc(S(N)(=O)=O)cc3)C2=O)c1. The minimum atomic E-state index is -3.94. The molecule has 1 atom stereocenters. The van der Waals surface area contributed by atoms with Gasteiger partial charge in [0, 0.05) is 17.1 Å². The largest absolute Gasteiger partial charge is 0.497 e. The van der Waals surface area contributed by atoms with Gasteiger partial charge in [0.2, 0.25) is 15.9 Å². The number of nitrogens with zero attached hydrogens (tertiary/aromatic N) is 2. The molecule has 9 nitrogen and oxygen atoms in total. The molecule has 0 aromatic heterocycles. The van der Waals surface area contributed by atoms with Crippen LogP contribution >= 0.6 is 11.6 Å². The molecule has 37 heavy (non-hydrogen) atoms. The number of halogens is 1. The van der Waals surface area contributed by atoms with Crippen molar-refractivity contribution in [2.75, 3.05) is 18.6 Å². The molecule has 1 heterocycles. The highest BCUT2D eigenvalue weighted by Crippen LogP contribution is 2.28. The van der Waals surface area contributed by atoms with Crippen molar-refractivity contribution in [3.05, 3.63) is 88.9 Å².